The molecule has 240 valence electrons. The molecule has 1 aromatic heterocycles. The number of thiazole rings is 1. The highest BCUT2D eigenvalue weighted by Crippen LogP contribution is 2.43. The van der Waals surface area contributed by atoms with Gasteiger partial charge in [-0.15, -0.1) is 11.3 Å². The second kappa shape index (κ2) is 12.5. The number of nitrogens with zero attached hydrogens (tertiary/aromatic N) is 4. The van der Waals surface area contributed by atoms with Gasteiger partial charge in [-0.25, -0.2) is 23.4 Å². The van der Waals surface area contributed by atoms with Crippen molar-refractivity contribution in [3.8, 4) is 0 Å². The number of likely N-dealkylation sites (tertiary alicyclic amines) is 1. The third kappa shape index (κ3) is 5.78. The van der Waals surface area contributed by atoms with Crippen LogP contribution >= 0.6 is 22.9 Å². The van der Waals surface area contributed by atoms with Gasteiger partial charge in [0.2, 0.25) is 0 Å². The summed E-state index contributed by atoms with van der Waals surface area (Å²) >= 11 is 7.48. The van der Waals surface area contributed by atoms with Gasteiger partial charge in [-0.05, 0) is 49.2 Å². The Labute approximate surface area is 272 Å². The van der Waals surface area contributed by atoms with Gasteiger partial charge in [-0.2, -0.15) is 0 Å². The van der Waals surface area contributed by atoms with Crippen molar-refractivity contribution in [1.82, 2.24) is 15.2 Å². The predicted molar refractivity (Wildman–Crippen MR) is 168 cm³/mol. The molecule has 0 aliphatic carbocycles. The zero-order chi connectivity index (χ0) is 32.7. The minimum Gasteiger partial charge on any atom is -0.478 e. The molecule has 3 aromatic rings. The zero-order valence-electron chi connectivity index (χ0n) is 24.9. The first-order valence-corrected chi connectivity index (χ1v) is 15.9. The first-order valence-electron chi connectivity index (χ1n) is 14.7. The van der Waals surface area contributed by atoms with Gasteiger partial charge in [0.1, 0.15) is 11.9 Å². The summed E-state index contributed by atoms with van der Waals surface area (Å²) in [5.74, 6) is -3.35. The predicted octanol–water partition coefficient (Wildman–Crippen LogP) is 4.93. The van der Waals surface area contributed by atoms with E-state index in [1.54, 1.807) is 37.6 Å². The van der Waals surface area contributed by atoms with Crippen LogP contribution in [0, 0.1) is 18.7 Å². The largest absolute Gasteiger partial charge is 0.478 e. The third-order valence-corrected chi connectivity index (χ3v) is 9.60. The van der Waals surface area contributed by atoms with E-state index in [0.717, 1.165) is 0 Å². The number of nitrogens with one attached hydrogen (secondary N) is 1. The van der Waals surface area contributed by atoms with Gasteiger partial charge in [-0.1, -0.05) is 23.7 Å². The normalized spacial score (nSPS) is 23.2. The molecule has 10 nitrogen and oxygen atoms in total. The van der Waals surface area contributed by atoms with Crippen LogP contribution in [0.3, 0.4) is 0 Å². The Balaban J connectivity index is 1.33. The highest BCUT2D eigenvalue weighted by atomic mass is 35.5. The van der Waals surface area contributed by atoms with Crippen LogP contribution < -0.4 is 10.2 Å². The number of amides is 1. The molecule has 0 bridgehead atoms. The number of carbonyl (C=O) groups excluding carboxylic acids is 2. The molecular formula is C32H30ClF2N5O5S. The molecule has 2 N–H and O–H groups in total. The van der Waals surface area contributed by atoms with Gasteiger partial charge in [0.25, 0.3) is 5.91 Å². The number of aliphatic imine (C=N–C) groups is 1. The number of aromatic nitrogens is 1. The quantitative estimate of drug-likeness (QED) is 0.324. The first kappa shape index (κ1) is 31.8. The molecule has 2 saturated heterocycles. The summed E-state index contributed by atoms with van der Waals surface area (Å²) in [7, 11) is 0. The van der Waals surface area contributed by atoms with E-state index in [1.807, 2.05) is 4.90 Å². The number of carboxylic acid groups (broad SMARTS) is 1. The van der Waals surface area contributed by atoms with Crippen LogP contribution in [0.25, 0.3) is 0 Å². The number of hydrogen-bond donors (Lipinski definition) is 2. The molecule has 2 aromatic carbocycles. The number of esters is 1. The fourth-order valence-corrected chi connectivity index (χ4v) is 7.11. The molecule has 14 heteroatoms. The number of anilines is 1. The summed E-state index contributed by atoms with van der Waals surface area (Å²) < 4.78 is 36.6. The van der Waals surface area contributed by atoms with Crippen LogP contribution in [0.1, 0.15) is 45.9 Å². The number of carbonyl (C=O) groups is 3. The maximum absolute atomic E-state index is 16.4. The van der Waals surface area contributed by atoms with Crippen molar-refractivity contribution < 1.29 is 33.0 Å². The number of aromatic carboxylic acids is 1. The average molecular weight is 670 g/mol. The first-order chi connectivity index (χ1) is 22.0. The summed E-state index contributed by atoms with van der Waals surface area (Å²) in [4.78, 5) is 50.9. The van der Waals surface area contributed by atoms with Gasteiger partial charge >= 0.3 is 11.9 Å². The molecule has 0 spiro atoms. The minimum atomic E-state index is -2.16. The molecular weight excluding hydrogens is 640 g/mol. The SMILES string of the molecule is CCOC(=O)C1=C(CN2CC[C@]3(F)C(=O)N(c4cc(Cl)cc(C(=O)O)c4)C[C@@H]3C2)NC(c2nccs2)=N[C@H]1c1cccc(F)c1C. The van der Waals surface area contributed by atoms with E-state index < -0.39 is 41.3 Å². The van der Waals surface area contributed by atoms with E-state index in [4.69, 9.17) is 21.3 Å². The number of rotatable bonds is 8. The molecule has 3 aliphatic heterocycles. The summed E-state index contributed by atoms with van der Waals surface area (Å²) in [6.45, 7) is 3.95. The maximum Gasteiger partial charge on any atom is 0.338 e. The van der Waals surface area contributed by atoms with Crippen LogP contribution in [-0.2, 0) is 14.3 Å². The van der Waals surface area contributed by atoms with Crippen molar-refractivity contribution in [3.05, 3.63) is 91.8 Å². The van der Waals surface area contributed by atoms with E-state index >= 15 is 4.39 Å². The number of halogens is 3. The monoisotopic (exact) mass is 669 g/mol. The molecule has 46 heavy (non-hydrogen) atoms. The number of alkyl halides is 1. The summed E-state index contributed by atoms with van der Waals surface area (Å²) in [5, 5.41) is 15.2. The van der Waals surface area contributed by atoms with Crippen molar-refractivity contribution in [1.29, 1.82) is 0 Å². The molecule has 0 saturated carbocycles. The lowest BCUT2D eigenvalue weighted by Gasteiger charge is -2.38. The van der Waals surface area contributed by atoms with Gasteiger partial charge in [-0.3, -0.25) is 14.7 Å². The molecule has 3 atom stereocenters. The number of hydrogen-bond acceptors (Lipinski definition) is 9. The highest BCUT2D eigenvalue weighted by molar-refractivity contribution is 7.11. The van der Waals surface area contributed by atoms with Crippen molar-refractivity contribution >= 4 is 52.3 Å². The summed E-state index contributed by atoms with van der Waals surface area (Å²) in [6, 6.07) is 7.74. The third-order valence-electron chi connectivity index (χ3n) is 8.60. The summed E-state index contributed by atoms with van der Waals surface area (Å²) in [6.07, 6.45) is 1.52. The van der Waals surface area contributed by atoms with Crippen LogP contribution in [0.15, 0.2) is 64.2 Å². The Kier molecular flexibility index (Phi) is 8.66. The van der Waals surface area contributed by atoms with Crippen LogP contribution in [0.5, 0.6) is 0 Å². The van der Waals surface area contributed by atoms with Gasteiger partial charge in [0.15, 0.2) is 16.5 Å². The van der Waals surface area contributed by atoms with Crippen LogP contribution in [-0.4, -0.2) is 77.1 Å². The van der Waals surface area contributed by atoms with Crippen molar-refractivity contribution in [2.75, 3.05) is 37.7 Å². The fourth-order valence-electron chi connectivity index (χ4n) is 6.29. The van der Waals surface area contributed by atoms with E-state index in [0.29, 0.717) is 27.7 Å². The average Bonchev–Trinajstić information content (AvgIpc) is 3.65. The lowest BCUT2D eigenvalue weighted by Crippen LogP contribution is -2.52. The van der Waals surface area contributed by atoms with E-state index in [-0.39, 0.29) is 61.1 Å². The molecule has 0 unspecified atom stereocenters. The smallest absolute Gasteiger partial charge is 0.338 e. The van der Waals surface area contributed by atoms with Gasteiger partial charge in [0, 0.05) is 66.5 Å². The molecule has 2 fully saturated rings. The number of piperidine rings is 1. The number of carboxylic acids is 1. The molecule has 1 amide bonds. The molecule has 6 rings (SSSR count). The van der Waals surface area contributed by atoms with Crippen molar-refractivity contribution in [2.45, 2.75) is 32.0 Å². The van der Waals surface area contributed by atoms with Crippen molar-refractivity contribution in [3.63, 3.8) is 0 Å². The second-order valence-corrected chi connectivity index (χ2v) is 12.7. The zero-order valence-corrected chi connectivity index (χ0v) is 26.5. The Bertz CT molecular complexity index is 1780. The Morgan fingerprint density at radius 1 is 1.26 bits per heavy atom. The van der Waals surface area contributed by atoms with Gasteiger partial charge < -0.3 is 20.1 Å². The number of ether oxygens (including phenoxy) is 1. The van der Waals surface area contributed by atoms with E-state index in [1.165, 1.54) is 40.5 Å². The van der Waals surface area contributed by atoms with E-state index in [9.17, 15) is 23.9 Å². The topological polar surface area (TPSA) is 124 Å². The lowest BCUT2D eigenvalue weighted by atomic mass is 9.84. The van der Waals surface area contributed by atoms with Crippen LogP contribution in [0.2, 0.25) is 5.02 Å². The second-order valence-electron chi connectivity index (χ2n) is 11.4. The standard InChI is InChI=1S/C32H30ClF2N5O5S/c1-3-45-30(43)25-24(37-27(28-36-8-10-46-28)38-26(25)22-5-4-6-23(34)17(22)2)16-39-9-7-32(35)19(14-39)15-40(31(32)44)21-12-18(29(41)42)11-20(33)13-21/h4-6,8,10-13,19,26H,3,7,9,14-16H2,1-2H3,(H,37,38)(H,41,42)/t19-,26-,32+/m0/s1. The fraction of sp³-hybridized carbons (Fsp3) is 0.344. The number of amidine groups is 1. The number of benzene rings is 2. The minimum absolute atomic E-state index is 0.0133. The lowest BCUT2D eigenvalue weighted by molar-refractivity contribution is -0.139. The Morgan fingerprint density at radius 2 is 2.07 bits per heavy atom. The van der Waals surface area contributed by atoms with Crippen LogP contribution in [0.4, 0.5) is 14.5 Å². The Hall–Kier alpha value is -4.20. The molecule has 4 heterocycles. The van der Waals surface area contributed by atoms with Gasteiger partial charge in [0.05, 0.1) is 17.7 Å². The Morgan fingerprint density at radius 3 is 2.78 bits per heavy atom. The summed E-state index contributed by atoms with van der Waals surface area (Å²) in [5.41, 5.74) is -0.548. The van der Waals surface area contributed by atoms with E-state index in [2.05, 4.69) is 10.3 Å². The maximum atomic E-state index is 16.4. The number of fused-ring (bicyclic) bond motifs is 1. The van der Waals surface area contributed by atoms with Crippen molar-refractivity contribution in [2.24, 2.45) is 10.9 Å². The molecule has 3 aliphatic rings. The molecule has 0 radical (unpaired) electrons. The highest BCUT2D eigenvalue weighted by Gasteiger charge is 2.57.